The molecule has 0 spiro atoms. The Balaban J connectivity index is 1.57. The second-order valence-electron chi connectivity index (χ2n) is 6.30. The third-order valence-electron chi connectivity index (χ3n) is 4.62. The number of anilines is 1. The van der Waals surface area contributed by atoms with Crippen LogP contribution in [0.3, 0.4) is 0 Å². The van der Waals surface area contributed by atoms with Gasteiger partial charge in [0.15, 0.2) is 0 Å². The van der Waals surface area contributed by atoms with Gasteiger partial charge in [0.25, 0.3) is 0 Å². The molecule has 4 rings (SSSR count). The molecule has 1 atom stereocenters. The lowest BCUT2D eigenvalue weighted by Crippen LogP contribution is -2.36. The number of nitrogens with zero attached hydrogens (tertiary/aromatic N) is 6. The minimum Gasteiger partial charge on any atom is -0.333 e. The summed E-state index contributed by atoms with van der Waals surface area (Å²) in [7, 11) is 0. The summed E-state index contributed by atoms with van der Waals surface area (Å²) in [6.45, 7) is 6.46. The highest BCUT2D eigenvalue weighted by molar-refractivity contribution is 5.30. The first-order chi connectivity index (χ1) is 10.9. The molecule has 0 unspecified atom stereocenters. The van der Waals surface area contributed by atoms with Gasteiger partial charge in [-0.3, -0.25) is 0 Å². The van der Waals surface area contributed by atoms with Crippen LogP contribution in [-0.4, -0.2) is 50.6 Å². The van der Waals surface area contributed by atoms with Gasteiger partial charge in [-0.25, -0.2) is 15.0 Å². The highest BCUT2D eigenvalue weighted by atomic mass is 15.3. The predicted octanol–water partition coefficient (Wildman–Crippen LogP) is 1.41. The fourth-order valence-corrected chi connectivity index (χ4v) is 3.59. The smallest absolute Gasteiger partial charge is 0.225 e. The summed E-state index contributed by atoms with van der Waals surface area (Å²) in [5.74, 6) is 2.50. The molecule has 4 heterocycles. The first-order valence-corrected chi connectivity index (χ1v) is 8.13. The normalized spacial score (nSPS) is 22.5. The molecule has 0 saturated carbocycles. The van der Waals surface area contributed by atoms with E-state index in [0.717, 1.165) is 38.0 Å². The van der Waals surface area contributed by atoms with Gasteiger partial charge in [0.1, 0.15) is 5.82 Å². The fraction of sp³-hybridized carbons (Fsp3) is 0.562. The lowest BCUT2D eigenvalue weighted by atomic mass is 10.1. The highest BCUT2D eigenvalue weighted by Crippen LogP contribution is 2.21. The minimum absolute atomic E-state index is 0.581. The number of rotatable bonds is 3. The van der Waals surface area contributed by atoms with E-state index < -0.39 is 0 Å². The number of hydrogen-bond acceptors (Lipinski definition) is 5. The zero-order chi connectivity index (χ0) is 14.8. The SMILES string of the molecule is c1cnc(N2Cc3nccn3C[C@H](CN3CCCC3)C2)nc1. The number of imidazole rings is 1. The third kappa shape index (κ3) is 2.83. The molecule has 1 saturated heterocycles. The topological polar surface area (TPSA) is 50.1 Å². The van der Waals surface area contributed by atoms with Crippen molar-refractivity contribution in [2.24, 2.45) is 5.92 Å². The van der Waals surface area contributed by atoms with Crippen LogP contribution in [0.25, 0.3) is 0 Å². The number of aromatic nitrogens is 4. The lowest BCUT2D eigenvalue weighted by molar-refractivity contribution is 0.264. The van der Waals surface area contributed by atoms with Gasteiger partial charge in [-0.1, -0.05) is 0 Å². The number of fused-ring (bicyclic) bond motifs is 1. The van der Waals surface area contributed by atoms with E-state index in [0.29, 0.717) is 5.92 Å². The molecule has 1 fully saturated rings. The van der Waals surface area contributed by atoms with Gasteiger partial charge < -0.3 is 14.4 Å². The maximum Gasteiger partial charge on any atom is 0.225 e. The largest absolute Gasteiger partial charge is 0.333 e. The zero-order valence-electron chi connectivity index (χ0n) is 12.8. The Morgan fingerprint density at radius 2 is 1.82 bits per heavy atom. The predicted molar refractivity (Wildman–Crippen MR) is 84.5 cm³/mol. The van der Waals surface area contributed by atoms with Crippen molar-refractivity contribution in [3.8, 4) is 0 Å². The molecule has 2 aliphatic heterocycles. The summed E-state index contributed by atoms with van der Waals surface area (Å²) in [5, 5.41) is 0. The van der Waals surface area contributed by atoms with E-state index in [4.69, 9.17) is 0 Å². The summed E-state index contributed by atoms with van der Waals surface area (Å²) in [6.07, 6.45) is 10.3. The Bertz CT molecular complexity index is 604. The summed E-state index contributed by atoms with van der Waals surface area (Å²) in [4.78, 5) is 18.2. The molecular weight excluding hydrogens is 276 g/mol. The van der Waals surface area contributed by atoms with E-state index in [-0.39, 0.29) is 0 Å². The molecular formula is C16H22N6. The van der Waals surface area contributed by atoms with Gasteiger partial charge >= 0.3 is 0 Å². The Morgan fingerprint density at radius 3 is 2.64 bits per heavy atom. The first-order valence-electron chi connectivity index (χ1n) is 8.13. The second-order valence-corrected chi connectivity index (χ2v) is 6.30. The molecule has 6 nitrogen and oxygen atoms in total. The van der Waals surface area contributed by atoms with E-state index in [9.17, 15) is 0 Å². The van der Waals surface area contributed by atoms with Crippen molar-refractivity contribution in [1.29, 1.82) is 0 Å². The summed E-state index contributed by atoms with van der Waals surface area (Å²) < 4.78 is 2.30. The van der Waals surface area contributed by atoms with Gasteiger partial charge in [0, 0.05) is 50.3 Å². The van der Waals surface area contributed by atoms with Gasteiger partial charge in [-0.2, -0.15) is 0 Å². The van der Waals surface area contributed by atoms with Gasteiger partial charge in [-0.05, 0) is 32.0 Å². The molecule has 0 radical (unpaired) electrons. The van der Waals surface area contributed by atoms with Crippen molar-refractivity contribution >= 4 is 5.95 Å². The maximum atomic E-state index is 4.51. The second kappa shape index (κ2) is 6.04. The van der Waals surface area contributed by atoms with E-state index in [1.165, 1.54) is 25.9 Å². The minimum atomic E-state index is 0.581. The Kier molecular flexibility index (Phi) is 3.76. The molecule has 2 aliphatic rings. The van der Waals surface area contributed by atoms with E-state index in [2.05, 4.69) is 35.5 Å². The molecule has 0 aromatic carbocycles. The molecule has 2 aromatic heterocycles. The van der Waals surface area contributed by atoms with Crippen LogP contribution in [0.4, 0.5) is 5.95 Å². The van der Waals surface area contributed by atoms with Crippen molar-refractivity contribution in [2.45, 2.75) is 25.9 Å². The van der Waals surface area contributed by atoms with Crippen molar-refractivity contribution in [2.75, 3.05) is 31.1 Å². The number of hydrogen-bond donors (Lipinski definition) is 0. The van der Waals surface area contributed by atoms with Crippen molar-refractivity contribution < 1.29 is 0 Å². The molecule has 2 aromatic rings. The third-order valence-corrected chi connectivity index (χ3v) is 4.62. The van der Waals surface area contributed by atoms with Crippen LogP contribution in [0.1, 0.15) is 18.7 Å². The Labute approximate surface area is 130 Å². The molecule has 116 valence electrons. The Morgan fingerprint density at radius 1 is 1.00 bits per heavy atom. The van der Waals surface area contributed by atoms with Gasteiger partial charge in [0.05, 0.1) is 6.54 Å². The van der Waals surface area contributed by atoms with Crippen LogP contribution in [0, 0.1) is 5.92 Å². The number of likely N-dealkylation sites (tertiary alicyclic amines) is 1. The molecule has 22 heavy (non-hydrogen) atoms. The standard InChI is InChI=1S/C16H22N6/c1-2-8-20(7-1)10-14-11-21-9-6-17-15(21)13-22(12-14)16-18-4-3-5-19-16/h3-6,9,14H,1-2,7-8,10-13H2/t14-/m0/s1. The van der Waals surface area contributed by atoms with Crippen LogP contribution in [0.2, 0.25) is 0 Å². The van der Waals surface area contributed by atoms with Gasteiger partial charge in [0.2, 0.25) is 5.95 Å². The monoisotopic (exact) mass is 298 g/mol. The average Bonchev–Trinajstić information content (AvgIpc) is 3.17. The van der Waals surface area contributed by atoms with E-state index in [1.54, 1.807) is 0 Å². The van der Waals surface area contributed by atoms with Crippen LogP contribution in [-0.2, 0) is 13.1 Å². The summed E-state index contributed by atoms with van der Waals surface area (Å²) in [5.41, 5.74) is 0. The lowest BCUT2D eigenvalue weighted by Gasteiger charge is -2.27. The van der Waals surface area contributed by atoms with Crippen LogP contribution < -0.4 is 4.90 Å². The van der Waals surface area contributed by atoms with E-state index >= 15 is 0 Å². The molecule has 0 amide bonds. The van der Waals surface area contributed by atoms with Crippen molar-refractivity contribution in [3.05, 3.63) is 36.7 Å². The summed E-state index contributed by atoms with van der Waals surface area (Å²) in [6, 6.07) is 1.87. The molecule has 0 aliphatic carbocycles. The molecule has 0 N–H and O–H groups in total. The van der Waals surface area contributed by atoms with Crippen molar-refractivity contribution in [3.63, 3.8) is 0 Å². The van der Waals surface area contributed by atoms with Crippen LogP contribution in [0.5, 0.6) is 0 Å². The zero-order valence-corrected chi connectivity index (χ0v) is 12.8. The average molecular weight is 298 g/mol. The molecule has 0 bridgehead atoms. The summed E-state index contributed by atoms with van der Waals surface area (Å²) >= 11 is 0. The fourth-order valence-electron chi connectivity index (χ4n) is 3.59. The van der Waals surface area contributed by atoms with Crippen LogP contribution >= 0.6 is 0 Å². The highest BCUT2D eigenvalue weighted by Gasteiger charge is 2.26. The quantitative estimate of drug-likeness (QED) is 0.857. The maximum absolute atomic E-state index is 4.51. The van der Waals surface area contributed by atoms with Crippen LogP contribution in [0.15, 0.2) is 30.9 Å². The van der Waals surface area contributed by atoms with Gasteiger partial charge in [-0.15, -0.1) is 0 Å². The Hall–Kier alpha value is -1.95. The first kappa shape index (κ1) is 13.7. The molecule has 6 heteroatoms. The van der Waals surface area contributed by atoms with Crippen molar-refractivity contribution in [1.82, 2.24) is 24.4 Å². The van der Waals surface area contributed by atoms with E-state index in [1.807, 2.05) is 24.7 Å².